The molecule has 2 N–H and O–H groups in total. The number of rotatable bonds is 4. The second-order valence-electron chi connectivity index (χ2n) is 7.36. The van der Waals surface area contributed by atoms with Crippen molar-refractivity contribution in [2.24, 2.45) is 5.92 Å². The molecule has 3 heterocycles. The van der Waals surface area contributed by atoms with Gasteiger partial charge in [0.25, 0.3) is 0 Å². The number of carbonyl (C=O) groups is 2. The largest absolute Gasteiger partial charge is 0.368 e. The molecule has 0 saturated carbocycles. The summed E-state index contributed by atoms with van der Waals surface area (Å²) in [7, 11) is 0. The molecule has 4 rings (SSSR count). The van der Waals surface area contributed by atoms with Gasteiger partial charge in [-0.05, 0) is 30.5 Å². The SMILES string of the molecule is O=C1CCC(Cc2ccc(N3CC(N4CCNCC4)C3)cc2)C(=O)N1. The van der Waals surface area contributed by atoms with Gasteiger partial charge >= 0.3 is 0 Å². The minimum absolute atomic E-state index is 0.0790. The van der Waals surface area contributed by atoms with Crippen LogP contribution in [-0.4, -0.2) is 62.0 Å². The van der Waals surface area contributed by atoms with Crippen LogP contribution in [0.4, 0.5) is 5.69 Å². The van der Waals surface area contributed by atoms with Crippen molar-refractivity contribution >= 4 is 17.5 Å². The first kappa shape index (κ1) is 16.5. The van der Waals surface area contributed by atoms with Gasteiger partial charge in [-0.2, -0.15) is 0 Å². The lowest BCUT2D eigenvalue weighted by Gasteiger charge is -2.48. The number of piperidine rings is 1. The molecular weight excluding hydrogens is 316 g/mol. The van der Waals surface area contributed by atoms with E-state index in [0.29, 0.717) is 25.3 Å². The Bertz CT molecular complexity index is 633. The molecule has 0 spiro atoms. The van der Waals surface area contributed by atoms with Crippen LogP contribution in [0.25, 0.3) is 0 Å². The fourth-order valence-electron chi connectivity index (χ4n) is 4.00. The molecule has 3 aliphatic heterocycles. The summed E-state index contributed by atoms with van der Waals surface area (Å²) in [6, 6.07) is 9.25. The molecule has 1 aromatic rings. The van der Waals surface area contributed by atoms with Crippen LogP contribution in [0.3, 0.4) is 0 Å². The summed E-state index contributed by atoms with van der Waals surface area (Å²) in [4.78, 5) is 28.1. The van der Waals surface area contributed by atoms with E-state index in [4.69, 9.17) is 0 Å². The second-order valence-corrected chi connectivity index (χ2v) is 7.36. The van der Waals surface area contributed by atoms with Gasteiger partial charge in [0.05, 0.1) is 0 Å². The van der Waals surface area contributed by atoms with E-state index in [1.165, 1.54) is 5.69 Å². The minimum Gasteiger partial charge on any atom is -0.368 e. The maximum atomic E-state index is 11.9. The fourth-order valence-corrected chi connectivity index (χ4v) is 4.00. The van der Waals surface area contributed by atoms with E-state index in [-0.39, 0.29) is 17.7 Å². The van der Waals surface area contributed by atoms with E-state index >= 15 is 0 Å². The number of benzene rings is 1. The van der Waals surface area contributed by atoms with Gasteiger partial charge < -0.3 is 10.2 Å². The molecule has 3 fully saturated rings. The number of hydrogen-bond donors (Lipinski definition) is 2. The van der Waals surface area contributed by atoms with E-state index in [1.807, 2.05) is 0 Å². The Labute approximate surface area is 148 Å². The van der Waals surface area contributed by atoms with Crippen molar-refractivity contribution in [3.8, 4) is 0 Å². The number of imide groups is 1. The number of nitrogens with one attached hydrogen (secondary N) is 2. The predicted octanol–water partition coefficient (Wildman–Crippen LogP) is 0.376. The monoisotopic (exact) mass is 342 g/mol. The molecule has 6 heteroatoms. The maximum absolute atomic E-state index is 11.9. The Kier molecular flexibility index (Phi) is 4.72. The van der Waals surface area contributed by atoms with Gasteiger partial charge in [0.2, 0.25) is 11.8 Å². The molecule has 0 bridgehead atoms. The van der Waals surface area contributed by atoms with Crippen LogP contribution < -0.4 is 15.5 Å². The normalized spacial score (nSPS) is 25.6. The zero-order valence-electron chi connectivity index (χ0n) is 14.5. The third kappa shape index (κ3) is 3.70. The summed E-state index contributed by atoms with van der Waals surface area (Å²) < 4.78 is 0. The molecule has 0 aliphatic carbocycles. The molecule has 25 heavy (non-hydrogen) atoms. The smallest absolute Gasteiger partial charge is 0.230 e. The average Bonchev–Trinajstić information content (AvgIpc) is 2.58. The average molecular weight is 342 g/mol. The van der Waals surface area contributed by atoms with Gasteiger partial charge in [-0.25, -0.2) is 0 Å². The summed E-state index contributed by atoms with van der Waals surface area (Å²) >= 11 is 0. The first-order valence-electron chi connectivity index (χ1n) is 9.31. The van der Waals surface area contributed by atoms with E-state index in [1.54, 1.807) is 0 Å². The van der Waals surface area contributed by atoms with Crippen LogP contribution in [-0.2, 0) is 16.0 Å². The van der Waals surface area contributed by atoms with Gasteiger partial charge in [0.1, 0.15) is 0 Å². The summed E-state index contributed by atoms with van der Waals surface area (Å²) in [5.41, 5.74) is 2.43. The van der Waals surface area contributed by atoms with Gasteiger partial charge in [0.15, 0.2) is 0 Å². The predicted molar refractivity (Wildman–Crippen MR) is 96.5 cm³/mol. The van der Waals surface area contributed by atoms with Gasteiger partial charge in [0, 0.05) is 63.3 Å². The summed E-state index contributed by atoms with van der Waals surface area (Å²) in [6.45, 7) is 6.73. The lowest BCUT2D eigenvalue weighted by Crippen LogP contribution is -2.62. The number of amides is 2. The van der Waals surface area contributed by atoms with Gasteiger partial charge in [-0.3, -0.25) is 19.8 Å². The standard InChI is InChI=1S/C19H26N4O2/c24-18-6-3-15(19(25)21-18)11-14-1-4-16(5-2-14)23-12-17(13-23)22-9-7-20-8-10-22/h1-2,4-5,15,17,20H,3,6-13H2,(H,21,24,25). The van der Waals surface area contributed by atoms with Crippen molar-refractivity contribution in [1.29, 1.82) is 0 Å². The third-order valence-electron chi connectivity index (χ3n) is 5.67. The van der Waals surface area contributed by atoms with Crippen LogP contribution in [0.1, 0.15) is 18.4 Å². The zero-order chi connectivity index (χ0) is 17.2. The fraction of sp³-hybridized carbons (Fsp3) is 0.579. The Balaban J connectivity index is 1.29. The zero-order valence-corrected chi connectivity index (χ0v) is 14.5. The number of hydrogen-bond acceptors (Lipinski definition) is 5. The minimum atomic E-state index is -0.145. The maximum Gasteiger partial charge on any atom is 0.230 e. The van der Waals surface area contributed by atoms with Crippen LogP contribution in [0, 0.1) is 5.92 Å². The molecule has 3 saturated heterocycles. The quantitative estimate of drug-likeness (QED) is 0.775. The van der Waals surface area contributed by atoms with Crippen molar-refractivity contribution in [1.82, 2.24) is 15.5 Å². The summed E-state index contributed by atoms with van der Waals surface area (Å²) in [6.07, 6.45) is 1.82. The molecule has 6 nitrogen and oxygen atoms in total. The first-order chi connectivity index (χ1) is 12.2. The van der Waals surface area contributed by atoms with Crippen molar-refractivity contribution in [2.45, 2.75) is 25.3 Å². The number of anilines is 1. The van der Waals surface area contributed by atoms with Crippen LogP contribution in [0.5, 0.6) is 0 Å². The Morgan fingerprint density at radius 3 is 2.44 bits per heavy atom. The van der Waals surface area contributed by atoms with Crippen molar-refractivity contribution in [3.63, 3.8) is 0 Å². The highest BCUT2D eigenvalue weighted by molar-refractivity contribution is 5.98. The summed E-state index contributed by atoms with van der Waals surface area (Å²) in [5.74, 6) is -0.347. The van der Waals surface area contributed by atoms with Gasteiger partial charge in [-0.15, -0.1) is 0 Å². The van der Waals surface area contributed by atoms with E-state index in [9.17, 15) is 9.59 Å². The first-order valence-corrected chi connectivity index (χ1v) is 9.31. The molecular formula is C19H26N4O2. The van der Waals surface area contributed by atoms with Gasteiger partial charge in [-0.1, -0.05) is 12.1 Å². The molecule has 3 aliphatic rings. The highest BCUT2D eigenvalue weighted by Gasteiger charge is 2.32. The van der Waals surface area contributed by atoms with Crippen molar-refractivity contribution in [3.05, 3.63) is 29.8 Å². The molecule has 0 radical (unpaired) electrons. The lowest BCUT2D eigenvalue weighted by atomic mass is 9.91. The van der Waals surface area contributed by atoms with Crippen LogP contribution in [0.2, 0.25) is 0 Å². The van der Waals surface area contributed by atoms with E-state index < -0.39 is 0 Å². The van der Waals surface area contributed by atoms with Crippen LogP contribution in [0.15, 0.2) is 24.3 Å². The molecule has 134 valence electrons. The van der Waals surface area contributed by atoms with Crippen molar-refractivity contribution in [2.75, 3.05) is 44.2 Å². The number of nitrogens with zero attached hydrogens (tertiary/aromatic N) is 2. The molecule has 1 atom stereocenters. The van der Waals surface area contributed by atoms with E-state index in [0.717, 1.165) is 44.8 Å². The van der Waals surface area contributed by atoms with E-state index in [2.05, 4.69) is 44.7 Å². The molecule has 0 aromatic heterocycles. The third-order valence-corrected chi connectivity index (χ3v) is 5.67. The Morgan fingerprint density at radius 2 is 1.76 bits per heavy atom. The second kappa shape index (κ2) is 7.14. The number of carbonyl (C=O) groups excluding carboxylic acids is 2. The lowest BCUT2D eigenvalue weighted by molar-refractivity contribution is -0.136. The highest BCUT2D eigenvalue weighted by atomic mass is 16.2. The molecule has 1 unspecified atom stereocenters. The number of piperazine rings is 1. The van der Waals surface area contributed by atoms with Crippen molar-refractivity contribution < 1.29 is 9.59 Å². The summed E-state index contributed by atoms with van der Waals surface area (Å²) in [5, 5.41) is 5.84. The highest BCUT2D eigenvalue weighted by Crippen LogP contribution is 2.25. The Hall–Kier alpha value is -1.92. The molecule has 2 amide bonds. The molecule has 1 aromatic carbocycles. The Morgan fingerprint density at radius 1 is 1.04 bits per heavy atom. The topological polar surface area (TPSA) is 64.7 Å². The van der Waals surface area contributed by atoms with Crippen LogP contribution >= 0.6 is 0 Å².